The molecule has 7 nitrogen and oxygen atoms in total. The van der Waals surface area contributed by atoms with E-state index in [1.54, 1.807) is 32.9 Å². The lowest BCUT2D eigenvalue weighted by atomic mass is 9.76. The number of aromatic nitrogens is 1. The molecule has 1 aromatic rings. The summed E-state index contributed by atoms with van der Waals surface area (Å²) in [5.74, 6) is -2.76. The van der Waals surface area contributed by atoms with Crippen molar-refractivity contribution in [1.29, 1.82) is 0 Å². The molecule has 0 radical (unpaired) electrons. The Morgan fingerprint density at radius 3 is 2.58 bits per heavy atom. The number of ether oxygens (including phenoxy) is 2. The number of alkyl halides is 1. The van der Waals surface area contributed by atoms with Crippen LogP contribution in [0.4, 0.5) is 0 Å². The van der Waals surface area contributed by atoms with Crippen molar-refractivity contribution < 1.29 is 23.8 Å². The fraction of sp³-hybridized carbons (Fsp3) is 0.444. The molecule has 0 saturated heterocycles. The van der Waals surface area contributed by atoms with Crippen LogP contribution in [0.5, 0.6) is 0 Å². The lowest BCUT2D eigenvalue weighted by Gasteiger charge is -2.31. The molecule has 0 saturated carbocycles. The summed E-state index contributed by atoms with van der Waals surface area (Å²) in [5.41, 5.74) is 1.46. The summed E-state index contributed by atoms with van der Waals surface area (Å²) >= 11 is 6.00. The van der Waals surface area contributed by atoms with Gasteiger partial charge in [0.15, 0.2) is 12.4 Å². The van der Waals surface area contributed by atoms with Crippen LogP contribution in [0.3, 0.4) is 0 Å². The van der Waals surface area contributed by atoms with Gasteiger partial charge in [0.25, 0.3) is 0 Å². The smallest absolute Gasteiger partial charge is 0.336 e. The Labute approximate surface area is 156 Å². The number of hydrogen-bond donors (Lipinski definition) is 0. The molecule has 1 aliphatic rings. The van der Waals surface area contributed by atoms with Crippen LogP contribution in [-0.4, -0.2) is 36.7 Å². The standard InChI is InChI=1S/C18H21ClN2O5/c1-4-25-17(22)14-11(3)20-13(9-19)16(18(23)26-5-2)15(14)12-7-6-8-21(24)10-12/h6-8,10,14-15H,4-5,9H2,1-3H3. The molecule has 8 heteroatoms. The van der Waals surface area contributed by atoms with Gasteiger partial charge in [-0.3, -0.25) is 9.79 Å². The first-order valence-electron chi connectivity index (χ1n) is 8.31. The Morgan fingerprint density at radius 2 is 2.00 bits per heavy atom. The highest BCUT2D eigenvalue weighted by Gasteiger charge is 2.43. The first-order valence-corrected chi connectivity index (χ1v) is 8.84. The Morgan fingerprint density at radius 1 is 1.31 bits per heavy atom. The van der Waals surface area contributed by atoms with E-state index in [4.69, 9.17) is 21.1 Å². The molecule has 2 rings (SSSR count). The minimum absolute atomic E-state index is 0.0261. The predicted molar refractivity (Wildman–Crippen MR) is 95.8 cm³/mol. The molecular formula is C18H21ClN2O5. The van der Waals surface area contributed by atoms with E-state index in [1.165, 1.54) is 12.4 Å². The van der Waals surface area contributed by atoms with Crippen LogP contribution in [0.25, 0.3) is 0 Å². The maximum Gasteiger partial charge on any atom is 0.336 e. The molecular weight excluding hydrogens is 360 g/mol. The van der Waals surface area contributed by atoms with E-state index in [1.807, 2.05) is 0 Å². The Hall–Kier alpha value is -2.41. The number of aliphatic imine (C=N–C) groups is 1. The largest absolute Gasteiger partial charge is 0.619 e. The molecule has 140 valence electrons. The molecule has 0 aromatic carbocycles. The highest BCUT2D eigenvalue weighted by Crippen LogP contribution is 2.40. The van der Waals surface area contributed by atoms with Crippen LogP contribution in [0, 0.1) is 11.1 Å². The van der Waals surface area contributed by atoms with Gasteiger partial charge in [-0.15, -0.1) is 11.6 Å². The maximum absolute atomic E-state index is 12.6. The molecule has 0 N–H and O–H groups in total. The van der Waals surface area contributed by atoms with Crippen molar-refractivity contribution >= 4 is 29.3 Å². The number of pyridine rings is 1. The topological polar surface area (TPSA) is 91.9 Å². The average Bonchev–Trinajstić information content (AvgIpc) is 2.60. The molecule has 2 heterocycles. The second kappa shape index (κ2) is 8.80. The number of allylic oxidation sites excluding steroid dienone is 1. The van der Waals surface area contributed by atoms with Crippen LogP contribution in [0.1, 0.15) is 32.3 Å². The summed E-state index contributed by atoms with van der Waals surface area (Å²) in [6.45, 7) is 5.40. The van der Waals surface area contributed by atoms with Crippen LogP contribution >= 0.6 is 11.6 Å². The van der Waals surface area contributed by atoms with Gasteiger partial charge in [0.2, 0.25) is 0 Å². The summed E-state index contributed by atoms with van der Waals surface area (Å²) in [6.07, 6.45) is 2.64. The third-order valence-electron chi connectivity index (χ3n) is 4.04. The third kappa shape index (κ3) is 4.04. The molecule has 2 atom stereocenters. The molecule has 0 amide bonds. The van der Waals surface area contributed by atoms with Gasteiger partial charge in [0, 0.05) is 23.3 Å². The summed E-state index contributed by atoms with van der Waals surface area (Å²) in [5, 5.41) is 11.8. The second-order valence-electron chi connectivity index (χ2n) is 5.67. The van der Waals surface area contributed by atoms with Gasteiger partial charge in [0.05, 0.1) is 30.4 Å². The average molecular weight is 381 g/mol. The zero-order valence-corrected chi connectivity index (χ0v) is 15.7. The van der Waals surface area contributed by atoms with Crippen molar-refractivity contribution in [3.05, 3.63) is 46.6 Å². The van der Waals surface area contributed by atoms with Crippen LogP contribution in [0.2, 0.25) is 0 Å². The summed E-state index contributed by atoms with van der Waals surface area (Å²) in [7, 11) is 0. The van der Waals surface area contributed by atoms with Crippen molar-refractivity contribution in [3.63, 3.8) is 0 Å². The van der Waals surface area contributed by atoms with Gasteiger partial charge in [-0.2, -0.15) is 4.73 Å². The van der Waals surface area contributed by atoms with Gasteiger partial charge < -0.3 is 14.7 Å². The fourth-order valence-corrected chi connectivity index (χ4v) is 3.24. The highest BCUT2D eigenvalue weighted by molar-refractivity contribution is 6.20. The molecule has 0 fully saturated rings. The molecule has 0 bridgehead atoms. The number of hydrogen-bond acceptors (Lipinski definition) is 6. The van der Waals surface area contributed by atoms with Gasteiger partial charge in [-0.1, -0.05) is 0 Å². The Kier molecular flexibility index (Phi) is 6.74. The quantitative estimate of drug-likeness (QED) is 0.326. The van der Waals surface area contributed by atoms with Crippen molar-refractivity contribution in [2.75, 3.05) is 19.1 Å². The Balaban J connectivity index is 2.67. The molecule has 0 aliphatic carbocycles. The van der Waals surface area contributed by atoms with Gasteiger partial charge >= 0.3 is 11.9 Å². The minimum atomic E-state index is -0.844. The van der Waals surface area contributed by atoms with Gasteiger partial charge in [0.1, 0.15) is 5.92 Å². The monoisotopic (exact) mass is 380 g/mol. The highest BCUT2D eigenvalue weighted by atomic mass is 35.5. The van der Waals surface area contributed by atoms with E-state index in [2.05, 4.69) is 4.99 Å². The van der Waals surface area contributed by atoms with Crippen molar-refractivity contribution in [2.24, 2.45) is 10.9 Å². The number of rotatable bonds is 6. The number of halogens is 1. The normalized spacial score (nSPS) is 19.8. The van der Waals surface area contributed by atoms with Gasteiger partial charge in [-0.25, -0.2) is 4.79 Å². The second-order valence-corrected chi connectivity index (χ2v) is 5.94. The van der Waals surface area contributed by atoms with E-state index in [-0.39, 0.29) is 24.7 Å². The predicted octanol–water partition coefficient (Wildman–Crippen LogP) is 2.11. The first-order chi connectivity index (χ1) is 12.4. The minimum Gasteiger partial charge on any atom is -0.619 e. The number of nitrogens with zero attached hydrogens (tertiary/aromatic N) is 2. The van der Waals surface area contributed by atoms with E-state index < -0.39 is 23.8 Å². The number of esters is 2. The maximum atomic E-state index is 12.6. The SMILES string of the molecule is CCOC(=O)C1=C(CCl)N=C(C)C(C(=O)OCC)C1c1ccc[n+]([O-])c1. The fourth-order valence-electron chi connectivity index (χ4n) is 3.04. The van der Waals surface area contributed by atoms with Crippen LogP contribution < -0.4 is 4.73 Å². The molecule has 2 unspecified atom stereocenters. The first kappa shape index (κ1) is 19.9. The zero-order valence-electron chi connectivity index (χ0n) is 14.9. The lowest BCUT2D eigenvalue weighted by Crippen LogP contribution is -2.38. The van der Waals surface area contributed by atoms with Crippen molar-refractivity contribution in [1.82, 2.24) is 0 Å². The summed E-state index contributed by atoms with van der Waals surface area (Å²) in [4.78, 5) is 29.6. The summed E-state index contributed by atoms with van der Waals surface area (Å²) < 4.78 is 10.9. The lowest BCUT2D eigenvalue weighted by molar-refractivity contribution is -0.605. The summed E-state index contributed by atoms with van der Waals surface area (Å²) in [6, 6.07) is 3.23. The van der Waals surface area contributed by atoms with Crippen LogP contribution in [0.15, 0.2) is 40.8 Å². The van der Waals surface area contributed by atoms with E-state index in [0.717, 1.165) is 0 Å². The van der Waals surface area contributed by atoms with Crippen molar-refractivity contribution in [3.8, 4) is 0 Å². The molecule has 0 spiro atoms. The van der Waals surface area contributed by atoms with Gasteiger partial charge in [-0.05, 0) is 26.8 Å². The molecule has 1 aromatic heterocycles. The van der Waals surface area contributed by atoms with E-state index in [9.17, 15) is 14.8 Å². The van der Waals surface area contributed by atoms with Crippen LogP contribution in [-0.2, 0) is 19.1 Å². The van der Waals surface area contributed by atoms with E-state index >= 15 is 0 Å². The zero-order chi connectivity index (χ0) is 19.3. The van der Waals surface area contributed by atoms with E-state index in [0.29, 0.717) is 21.7 Å². The third-order valence-corrected chi connectivity index (χ3v) is 4.29. The van der Waals surface area contributed by atoms with Crippen molar-refractivity contribution in [2.45, 2.75) is 26.7 Å². The molecule has 26 heavy (non-hydrogen) atoms. The molecule has 1 aliphatic heterocycles. The number of carbonyl (C=O) groups excluding carboxylic acids is 2. The Bertz CT molecular complexity index is 760. The number of carbonyl (C=O) groups is 2.